The predicted octanol–water partition coefficient (Wildman–Crippen LogP) is 0.311. The highest BCUT2D eigenvalue weighted by Crippen LogP contribution is 2.26. The molecule has 0 aliphatic carbocycles. The van der Waals surface area contributed by atoms with Crippen LogP contribution in [0, 0.1) is 0 Å². The molecule has 0 aromatic carbocycles. The van der Waals surface area contributed by atoms with Gasteiger partial charge in [-0.25, -0.2) is 4.98 Å². The highest BCUT2D eigenvalue weighted by molar-refractivity contribution is 7.19. The van der Waals surface area contributed by atoms with Gasteiger partial charge < -0.3 is 20.5 Å². The highest BCUT2D eigenvalue weighted by atomic mass is 32.1. The summed E-state index contributed by atoms with van der Waals surface area (Å²) in [4.78, 5) is 6.33. The van der Waals surface area contributed by atoms with E-state index in [1.54, 1.807) is 6.20 Å². The minimum Gasteiger partial charge on any atom is -0.394 e. The topological polar surface area (TPSA) is 71.6 Å². The summed E-state index contributed by atoms with van der Waals surface area (Å²) in [6.07, 6.45) is 1.65. The van der Waals surface area contributed by atoms with Gasteiger partial charge in [-0.1, -0.05) is 11.3 Å². The number of hydrogen-bond acceptors (Lipinski definition) is 6. The number of morpholine rings is 1. The van der Waals surface area contributed by atoms with Gasteiger partial charge in [0.1, 0.15) is 5.00 Å². The molecule has 0 spiro atoms. The summed E-state index contributed by atoms with van der Waals surface area (Å²) in [6.45, 7) is 3.50. The smallest absolute Gasteiger partial charge is 0.187 e. The molecule has 0 bridgehead atoms. The van der Waals surface area contributed by atoms with Crippen molar-refractivity contribution in [2.75, 3.05) is 30.3 Å². The average molecular weight is 229 g/mol. The van der Waals surface area contributed by atoms with Gasteiger partial charge in [0, 0.05) is 13.1 Å². The largest absolute Gasteiger partial charge is 0.394 e. The summed E-state index contributed by atoms with van der Waals surface area (Å²) >= 11 is 1.46. The van der Waals surface area contributed by atoms with Crippen LogP contribution in [0.2, 0.25) is 0 Å². The van der Waals surface area contributed by atoms with Crippen LogP contribution in [-0.2, 0) is 4.74 Å². The summed E-state index contributed by atoms with van der Waals surface area (Å²) in [7, 11) is 0. The zero-order valence-corrected chi connectivity index (χ0v) is 9.41. The summed E-state index contributed by atoms with van der Waals surface area (Å²) in [6, 6.07) is 0. The number of nitrogen functional groups attached to an aromatic ring is 1. The lowest BCUT2D eigenvalue weighted by Crippen LogP contribution is -2.48. The zero-order valence-electron chi connectivity index (χ0n) is 8.59. The standard InChI is InChI=1S/C9H15N3O2S/c1-6-3-12(4-7(5-13)14-6)9-11-2-8(10)15-9/h2,6-7,13H,3-5,10H2,1H3. The van der Waals surface area contributed by atoms with Gasteiger partial charge in [-0.05, 0) is 6.92 Å². The quantitative estimate of drug-likeness (QED) is 0.763. The lowest BCUT2D eigenvalue weighted by atomic mass is 10.2. The normalized spacial score (nSPS) is 26.9. The van der Waals surface area contributed by atoms with Gasteiger partial charge in [-0.2, -0.15) is 0 Å². The molecule has 15 heavy (non-hydrogen) atoms. The molecule has 2 heterocycles. The second-order valence-corrected chi connectivity index (χ2v) is 4.74. The molecule has 0 saturated carbocycles. The van der Waals surface area contributed by atoms with E-state index in [9.17, 15) is 0 Å². The van der Waals surface area contributed by atoms with Gasteiger partial charge in [-0.3, -0.25) is 0 Å². The maximum Gasteiger partial charge on any atom is 0.187 e. The first-order valence-corrected chi connectivity index (χ1v) is 5.73. The molecule has 0 radical (unpaired) electrons. The first-order valence-electron chi connectivity index (χ1n) is 4.91. The van der Waals surface area contributed by atoms with Crippen LogP contribution in [0.3, 0.4) is 0 Å². The van der Waals surface area contributed by atoms with E-state index in [0.717, 1.165) is 11.7 Å². The van der Waals surface area contributed by atoms with Crippen LogP contribution in [0.1, 0.15) is 6.92 Å². The first kappa shape index (κ1) is 10.7. The van der Waals surface area contributed by atoms with Crippen LogP contribution in [0.15, 0.2) is 6.20 Å². The number of aliphatic hydroxyl groups is 1. The SMILES string of the molecule is CC1CN(c2ncc(N)s2)CC(CO)O1. The number of anilines is 2. The van der Waals surface area contributed by atoms with Crippen molar-refractivity contribution >= 4 is 21.5 Å². The van der Waals surface area contributed by atoms with Crippen molar-refractivity contribution < 1.29 is 9.84 Å². The second kappa shape index (κ2) is 4.34. The molecule has 0 amide bonds. The van der Waals surface area contributed by atoms with Crippen molar-refractivity contribution in [2.24, 2.45) is 0 Å². The predicted molar refractivity (Wildman–Crippen MR) is 60.2 cm³/mol. The highest BCUT2D eigenvalue weighted by Gasteiger charge is 2.26. The van der Waals surface area contributed by atoms with Crippen LogP contribution < -0.4 is 10.6 Å². The summed E-state index contributed by atoms with van der Waals surface area (Å²) in [5.41, 5.74) is 5.64. The van der Waals surface area contributed by atoms with Gasteiger partial charge in [0.2, 0.25) is 0 Å². The molecule has 1 fully saturated rings. The van der Waals surface area contributed by atoms with Crippen LogP contribution in [0.25, 0.3) is 0 Å². The van der Waals surface area contributed by atoms with Gasteiger partial charge in [0.05, 0.1) is 25.0 Å². The van der Waals surface area contributed by atoms with E-state index in [-0.39, 0.29) is 18.8 Å². The Morgan fingerprint density at radius 2 is 2.53 bits per heavy atom. The first-order chi connectivity index (χ1) is 7.19. The molecule has 5 nitrogen and oxygen atoms in total. The maximum atomic E-state index is 9.09. The van der Waals surface area contributed by atoms with Crippen molar-refractivity contribution in [3.05, 3.63) is 6.20 Å². The Morgan fingerprint density at radius 1 is 1.73 bits per heavy atom. The van der Waals surface area contributed by atoms with Gasteiger partial charge in [0.25, 0.3) is 0 Å². The molecule has 1 aromatic rings. The third-order valence-corrected chi connectivity index (χ3v) is 3.20. The van der Waals surface area contributed by atoms with E-state index in [2.05, 4.69) is 9.88 Å². The molecule has 3 N–H and O–H groups in total. The molecular weight excluding hydrogens is 214 g/mol. The minimum atomic E-state index is -0.126. The number of nitrogens with two attached hydrogens (primary N) is 1. The van der Waals surface area contributed by atoms with Gasteiger partial charge >= 0.3 is 0 Å². The lowest BCUT2D eigenvalue weighted by Gasteiger charge is -2.35. The number of rotatable bonds is 2. The fourth-order valence-corrected chi connectivity index (χ4v) is 2.43. The lowest BCUT2D eigenvalue weighted by molar-refractivity contribution is -0.0421. The Hall–Kier alpha value is -0.850. The summed E-state index contributed by atoms with van der Waals surface area (Å²) < 4.78 is 5.55. The molecule has 1 aliphatic heterocycles. The van der Waals surface area contributed by atoms with E-state index >= 15 is 0 Å². The third kappa shape index (κ3) is 2.39. The van der Waals surface area contributed by atoms with Crippen molar-refractivity contribution in [1.82, 2.24) is 4.98 Å². The Bertz CT molecular complexity index is 331. The number of aromatic nitrogens is 1. The van der Waals surface area contributed by atoms with Crippen LogP contribution in [-0.4, -0.2) is 42.0 Å². The minimum absolute atomic E-state index is 0.0434. The van der Waals surface area contributed by atoms with E-state index in [4.69, 9.17) is 15.6 Å². The monoisotopic (exact) mass is 229 g/mol. The summed E-state index contributed by atoms with van der Waals surface area (Å²) in [5.74, 6) is 0. The molecular formula is C9H15N3O2S. The molecule has 1 aromatic heterocycles. The average Bonchev–Trinajstić information content (AvgIpc) is 2.64. The Morgan fingerprint density at radius 3 is 3.13 bits per heavy atom. The number of ether oxygens (including phenoxy) is 1. The summed E-state index contributed by atoms with van der Waals surface area (Å²) in [5, 5.41) is 10.7. The van der Waals surface area contributed by atoms with Gasteiger partial charge in [-0.15, -0.1) is 0 Å². The number of thiazole rings is 1. The molecule has 6 heteroatoms. The number of nitrogens with zero attached hydrogens (tertiary/aromatic N) is 2. The third-order valence-electron chi connectivity index (χ3n) is 2.31. The molecule has 84 valence electrons. The Balaban J connectivity index is 2.08. The van der Waals surface area contributed by atoms with E-state index in [0.29, 0.717) is 11.5 Å². The molecule has 2 unspecified atom stereocenters. The molecule has 2 rings (SSSR count). The van der Waals surface area contributed by atoms with Gasteiger partial charge in [0.15, 0.2) is 5.13 Å². The second-order valence-electron chi connectivity index (χ2n) is 3.70. The van der Waals surface area contributed by atoms with Crippen molar-refractivity contribution in [3.63, 3.8) is 0 Å². The number of aliphatic hydroxyl groups excluding tert-OH is 1. The molecule has 2 atom stereocenters. The molecule has 1 saturated heterocycles. The van der Waals surface area contributed by atoms with Crippen LogP contribution in [0.4, 0.5) is 10.1 Å². The number of hydrogen-bond donors (Lipinski definition) is 2. The van der Waals surface area contributed by atoms with Crippen molar-refractivity contribution in [3.8, 4) is 0 Å². The van der Waals surface area contributed by atoms with Crippen molar-refractivity contribution in [2.45, 2.75) is 19.1 Å². The maximum absolute atomic E-state index is 9.09. The van der Waals surface area contributed by atoms with Crippen LogP contribution >= 0.6 is 11.3 Å². The molecule has 1 aliphatic rings. The van der Waals surface area contributed by atoms with E-state index in [1.807, 2.05) is 6.92 Å². The fourth-order valence-electron chi connectivity index (χ4n) is 1.73. The Labute approximate surface area is 92.5 Å². The van der Waals surface area contributed by atoms with Crippen LogP contribution in [0.5, 0.6) is 0 Å². The zero-order chi connectivity index (χ0) is 10.8. The van der Waals surface area contributed by atoms with E-state index in [1.165, 1.54) is 11.3 Å². The van der Waals surface area contributed by atoms with E-state index < -0.39 is 0 Å². The fraction of sp³-hybridized carbons (Fsp3) is 0.667. The van der Waals surface area contributed by atoms with Crippen molar-refractivity contribution in [1.29, 1.82) is 0 Å². The Kier molecular flexibility index (Phi) is 3.08.